The lowest BCUT2D eigenvalue weighted by Crippen LogP contribution is -2.46. The zero-order valence-corrected chi connectivity index (χ0v) is 18.1. The number of guanidine groups is 1. The molecule has 2 aliphatic carbocycles. The Morgan fingerprint density at radius 1 is 1.12 bits per heavy atom. The Morgan fingerprint density at radius 2 is 1.83 bits per heavy atom. The molecule has 0 heterocycles. The Hall–Kier alpha value is -0.0800. The highest BCUT2D eigenvalue weighted by Crippen LogP contribution is 2.34. The number of halogens is 1. The van der Waals surface area contributed by atoms with Crippen LogP contribution >= 0.6 is 24.0 Å². The maximum absolute atomic E-state index is 5.96. The number of hydrogen-bond acceptors (Lipinski definition) is 3. The van der Waals surface area contributed by atoms with Gasteiger partial charge in [-0.05, 0) is 52.1 Å². The van der Waals surface area contributed by atoms with Crippen LogP contribution in [0.25, 0.3) is 0 Å². The van der Waals surface area contributed by atoms with Crippen molar-refractivity contribution in [3.63, 3.8) is 0 Å². The van der Waals surface area contributed by atoms with Crippen molar-refractivity contribution in [1.82, 2.24) is 15.5 Å². The van der Waals surface area contributed by atoms with Crippen molar-refractivity contribution in [2.75, 3.05) is 40.8 Å². The summed E-state index contributed by atoms with van der Waals surface area (Å²) in [6.07, 6.45) is 10.9. The molecule has 2 N–H and O–H groups in total. The lowest BCUT2D eigenvalue weighted by molar-refractivity contribution is 0.0277. The van der Waals surface area contributed by atoms with Gasteiger partial charge in [-0.3, -0.25) is 4.99 Å². The molecule has 1 unspecified atom stereocenters. The molecule has 5 nitrogen and oxygen atoms in total. The number of ether oxygens (including phenoxy) is 1. The molecule has 0 aromatic heterocycles. The second-order valence-corrected chi connectivity index (χ2v) is 7.23. The summed E-state index contributed by atoms with van der Waals surface area (Å²) in [6.45, 7) is 2.75. The van der Waals surface area contributed by atoms with E-state index in [1.165, 1.54) is 44.9 Å². The zero-order chi connectivity index (χ0) is 16.5. The monoisotopic (exact) mass is 452 g/mol. The Labute approximate surface area is 165 Å². The molecular formula is C18H37IN4O. The molecule has 2 fully saturated rings. The van der Waals surface area contributed by atoms with Crippen LogP contribution in [0.15, 0.2) is 4.99 Å². The fraction of sp³-hybridized carbons (Fsp3) is 0.944. The largest absolute Gasteiger partial charge is 0.378 e. The summed E-state index contributed by atoms with van der Waals surface area (Å²) < 4.78 is 5.96. The summed E-state index contributed by atoms with van der Waals surface area (Å²) >= 11 is 0. The lowest BCUT2D eigenvalue weighted by Gasteiger charge is -2.25. The van der Waals surface area contributed by atoms with Gasteiger partial charge in [0, 0.05) is 32.8 Å². The van der Waals surface area contributed by atoms with Gasteiger partial charge in [0.1, 0.15) is 0 Å². The first kappa shape index (κ1) is 22.0. The molecule has 2 aliphatic rings. The highest BCUT2D eigenvalue weighted by Gasteiger charge is 2.32. The number of rotatable bonds is 9. The number of nitrogens with one attached hydrogen (secondary N) is 2. The van der Waals surface area contributed by atoms with Gasteiger partial charge in [-0.25, -0.2) is 0 Å². The number of nitrogens with zero attached hydrogens (tertiary/aromatic N) is 2. The second kappa shape index (κ2) is 12.3. The molecular weight excluding hydrogens is 415 g/mol. The van der Waals surface area contributed by atoms with Gasteiger partial charge in [0.2, 0.25) is 0 Å². The first-order valence-electron chi connectivity index (χ1n) is 9.43. The SMILES string of the molecule is CN=C(NCCCOC1CCCCC1)NCC(C1CC1)N(C)C.I. The normalized spacial score (nSPS) is 20.6. The second-order valence-electron chi connectivity index (χ2n) is 7.23. The topological polar surface area (TPSA) is 48.9 Å². The van der Waals surface area contributed by atoms with Gasteiger partial charge in [-0.1, -0.05) is 19.3 Å². The molecule has 24 heavy (non-hydrogen) atoms. The molecule has 0 aliphatic heterocycles. The standard InChI is InChI=1S/C18H36N4O.HI/c1-19-18(21-14-17(22(2)3)15-10-11-15)20-12-7-13-23-16-8-5-4-6-9-16;/h15-17H,4-14H2,1-3H3,(H2,19,20,21);1H. The van der Waals surface area contributed by atoms with E-state index in [9.17, 15) is 0 Å². The highest BCUT2D eigenvalue weighted by molar-refractivity contribution is 14.0. The van der Waals surface area contributed by atoms with Gasteiger partial charge < -0.3 is 20.3 Å². The Morgan fingerprint density at radius 3 is 2.42 bits per heavy atom. The molecule has 0 aromatic rings. The number of hydrogen-bond donors (Lipinski definition) is 2. The maximum atomic E-state index is 5.96. The van der Waals surface area contributed by atoms with E-state index < -0.39 is 0 Å². The highest BCUT2D eigenvalue weighted by atomic mass is 127. The minimum atomic E-state index is 0. The van der Waals surface area contributed by atoms with Crippen LogP contribution in [0.1, 0.15) is 51.4 Å². The van der Waals surface area contributed by atoms with Crippen molar-refractivity contribution in [1.29, 1.82) is 0 Å². The first-order valence-corrected chi connectivity index (χ1v) is 9.43. The van der Waals surface area contributed by atoms with E-state index in [1.54, 1.807) is 0 Å². The van der Waals surface area contributed by atoms with Gasteiger partial charge >= 0.3 is 0 Å². The van der Waals surface area contributed by atoms with E-state index in [-0.39, 0.29) is 24.0 Å². The first-order chi connectivity index (χ1) is 11.2. The average molecular weight is 452 g/mol. The van der Waals surface area contributed by atoms with Crippen molar-refractivity contribution in [3.05, 3.63) is 0 Å². The van der Waals surface area contributed by atoms with E-state index in [1.807, 2.05) is 7.05 Å². The van der Waals surface area contributed by atoms with Crippen molar-refractivity contribution < 1.29 is 4.74 Å². The van der Waals surface area contributed by atoms with Gasteiger partial charge in [-0.15, -0.1) is 24.0 Å². The molecule has 0 saturated heterocycles. The lowest BCUT2D eigenvalue weighted by atomic mass is 9.98. The van der Waals surface area contributed by atoms with Gasteiger partial charge in [0.05, 0.1) is 6.10 Å². The van der Waals surface area contributed by atoms with Gasteiger partial charge in [0.15, 0.2) is 5.96 Å². The third kappa shape index (κ3) is 8.34. The predicted molar refractivity (Wildman–Crippen MR) is 112 cm³/mol. The Kier molecular flexibility index (Phi) is 11.3. The van der Waals surface area contributed by atoms with Crippen LogP contribution in [0.3, 0.4) is 0 Å². The van der Waals surface area contributed by atoms with Crippen LogP contribution in [0.2, 0.25) is 0 Å². The van der Waals surface area contributed by atoms with Crippen LogP contribution in [-0.2, 0) is 4.74 Å². The third-order valence-electron chi connectivity index (χ3n) is 5.05. The van der Waals surface area contributed by atoms with Crippen molar-refractivity contribution in [3.8, 4) is 0 Å². The van der Waals surface area contributed by atoms with Crippen molar-refractivity contribution >= 4 is 29.9 Å². The van der Waals surface area contributed by atoms with E-state index in [2.05, 4.69) is 34.6 Å². The number of likely N-dealkylation sites (N-methyl/N-ethyl adjacent to an activating group) is 1. The minimum absolute atomic E-state index is 0. The minimum Gasteiger partial charge on any atom is -0.378 e. The van der Waals surface area contributed by atoms with Crippen LogP contribution in [0.4, 0.5) is 0 Å². The fourth-order valence-electron chi connectivity index (χ4n) is 3.43. The quantitative estimate of drug-likeness (QED) is 0.245. The Balaban J connectivity index is 0.00000288. The van der Waals surface area contributed by atoms with Crippen molar-refractivity contribution in [2.45, 2.75) is 63.5 Å². The molecule has 1 atom stereocenters. The summed E-state index contributed by atoms with van der Waals surface area (Å²) in [6, 6.07) is 0.614. The van der Waals surface area contributed by atoms with E-state index in [0.29, 0.717) is 12.1 Å². The molecule has 142 valence electrons. The summed E-state index contributed by atoms with van der Waals surface area (Å²) in [5.74, 6) is 1.77. The molecule has 0 radical (unpaired) electrons. The van der Waals surface area contributed by atoms with Gasteiger partial charge in [-0.2, -0.15) is 0 Å². The number of aliphatic imine (C=N–C) groups is 1. The molecule has 0 spiro atoms. The molecule has 6 heteroatoms. The summed E-state index contributed by atoms with van der Waals surface area (Å²) in [4.78, 5) is 6.65. The summed E-state index contributed by atoms with van der Waals surface area (Å²) in [5, 5.41) is 6.87. The average Bonchev–Trinajstić information content (AvgIpc) is 3.38. The molecule has 0 amide bonds. The molecule has 0 bridgehead atoms. The zero-order valence-electron chi connectivity index (χ0n) is 15.7. The maximum Gasteiger partial charge on any atom is 0.191 e. The Bertz CT molecular complexity index is 353. The molecule has 2 rings (SSSR count). The summed E-state index contributed by atoms with van der Waals surface area (Å²) in [7, 11) is 6.18. The fourth-order valence-corrected chi connectivity index (χ4v) is 3.43. The van der Waals surface area contributed by atoms with Gasteiger partial charge in [0.25, 0.3) is 0 Å². The smallest absolute Gasteiger partial charge is 0.191 e. The predicted octanol–water partition coefficient (Wildman–Crippen LogP) is 2.85. The van der Waals surface area contributed by atoms with E-state index in [0.717, 1.165) is 38.0 Å². The summed E-state index contributed by atoms with van der Waals surface area (Å²) in [5.41, 5.74) is 0. The van der Waals surface area contributed by atoms with Crippen molar-refractivity contribution in [2.24, 2.45) is 10.9 Å². The van der Waals surface area contributed by atoms with E-state index in [4.69, 9.17) is 4.74 Å². The van der Waals surface area contributed by atoms with Crippen LogP contribution < -0.4 is 10.6 Å². The molecule has 2 saturated carbocycles. The van der Waals surface area contributed by atoms with Crippen LogP contribution in [0.5, 0.6) is 0 Å². The van der Waals surface area contributed by atoms with E-state index >= 15 is 0 Å². The van der Waals surface area contributed by atoms with Crippen LogP contribution in [-0.4, -0.2) is 63.8 Å². The third-order valence-corrected chi connectivity index (χ3v) is 5.05. The molecule has 0 aromatic carbocycles. The van der Waals surface area contributed by atoms with Crippen LogP contribution in [0, 0.1) is 5.92 Å².